The third kappa shape index (κ3) is 12.4. The average Bonchev–Trinajstić information content (AvgIpc) is 2.66. The topological polar surface area (TPSA) is 105 Å². The quantitative estimate of drug-likeness (QED) is 0.170. The number of hydrogen-bond acceptors (Lipinski definition) is 12. The molecule has 0 unspecified atom stereocenters. The molecule has 0 spiro atoms. The van der Waals surface area contributed by atoms with Crippen molar-refractivity contribution in [2.75, 3.05) is 49.4 Å². The van der Waals surface area contributed by atoms with E-state index in [-0.39, 0.29) is 62.3 Å². The molecule has 0 radical (unpaired) electrons. The summed E-state index contributed by atoms with van der Waals surface area (Å²) in [6.45, 7) is -1.22. The average molecular weight is 461 g/mol. The predicted molar refractivity (Wildman–Crippen MR) is 111 cm³/mol. The van der Waals surface area contributed by atoms with Gasteiger partial charge in [-0.3, -0.25) is 19.2 Å². The van der Waals surface area contributed by atoms with Gasteiger partial charge in [0, 0.05) is 11.5 Å². The van der Waals surface area contributed by atoms with Crippen LogP contribution in [0.1, 0.15) is 12.8 Å². The van der Waals surface area contributed by atoms with Gasteiger partial charge in [-0.25, -0.2) is 0 Å². The molecular formula is C15H24O8S4. The van der Waals surface area contributed by atoms with E-state index < -0.39 is 29.3 Å². The largest absolute Gasteiger partial charge is 0.465 e. The third-order valence-electron chi connectivity index (χ3n) is 3.05. The van der Waals surface area contributed by atoms with Crippen LogP contribution in [0.5, 0.6) is 0 Å². The van der Waals surface area contributed by atoms with Gasteiger partial charge < -0.3 is 18.9 Å². The Morgan fingerprint density at radius 3 is 1.11 bits per heavy atom. The summed E-state index contributed by atoms with van der Waals surface area (Å²) in [6.07, 6.45) is 0.122. The van der Waals surface area contributed by atoms with E-state index in [2.05, 4.69) is 50.5 Å². The number of esters is 4. The van der Waals surface area contributed by atoms with E-state index in [1.165, 1.54) is 0 Å². The van der Waals surface area contributed by atoms with Crippen molar-refractivity contribution in [3.8, 4) is 0 Å². The van der Waals surface area contributed by atoms with E-state index in [0.29, 0.717) is 0 Å². The van der Waals surface area contributed by atoms with Crippen molar-refractivity contribution in [1.82, 2.24) is 0 Å². The van der Waals surface area contributed by atoms with E-state index in [1.54, 1.807) is 0 Å². The minimum Gasteiger partial charge on any atom is -0.465 e. The van der Waals surface area contributed by atoms with Gasteiger partial charge in [0.05, 0.1) is 24.3 Å². The van der Waals surface area contributed by atoms with Crippen LogP contribution in [-0.2, 0) is 38.1 Å². The molecule has 8 nitrogen and oxygen atoms in total. The van der Waals surface area contributed by atoms with Gasteiger partial charge in [0.1, 0.15) is 31.8 Å². The van der Waals surface area contributed by atoms with Crippen molar-refractivity contribution in [2.24, 2.45) is 5.41 Å². The molecule has 0 rings (SSSR count). The molecule has 0 aromatic rings. The normalized spacial score (nSPS) is 10.8. The van der Waals surface area contributed by atoms with Crippen molar-refractivity contribution < 1.29 is 38.1 Å². The first-order valence-electron chi connectivity index (χ1n) is 7.88. The number of carbonyl (C=O) groups excluding carboxylic acids is 4. The van der Waals surface area contributed by atoms with Gasteiger partial charge in [-0.2, -0.15) is 50.5 Å². The molecule has 0 amide bonds. The van der Waals surface area contributed by atoms with Gasteiger partial charge in [-0.1, -0.05) is 0 Å². The fraction of sp³-hybridized carbons (Fsp3) is 0.733. The molecule has 0 aromatic heterocycles. The molecule has 156 valence electrons. The first-order chi connectivity index (χ1) is 12.8. The molecule has 0 heterocycles. The summed E-state index contributed by atoms with van der Waals surface area (Å²) < 4.78 is 20.5. The number of ether oxygens (including phenoxy) is 4. The summed E-state index contributed by atoms with van der Waals surface area (Å²) in [5.74, 6) is -2.14. The Kier molecular flexibility index (Phi) is 14.8. The molecule has 27 heavy (non-hydrogen) atoms. The van der Waals surface area contributed by atoms with Crippen LogP contribution >= 0.6 is 50.5 Å². The van der Waals surface area contributed by atoms with Crippen molar-refractivity contribution >= 4 is 74.4 Å². The minimum atomic E-state index is -1.27. The van der Waals surface area contributed by atoms with Gasteiger partial charge in [-0.15, -0.1) is 0 Å². The van der Waals surface area contributed by atoms with Crippen molar-refractivity contribution in [2.45, 2.75) is 12.8 Å². The molecule has 0 saturated heterocycles. The van der Waals surface area contributed by atoms with Crippen LogP contribution in [0.3, 0.4) is 0 Å². The van der Waals surface area contributed by atoms with Crippen LogP contribution in [0.15, 0.2) is 0 Å². The fourth-order valence-electron chi connectivity index (χ4n) is 1.60. The maximum atomic E-state index is 11.7. The molecular weight excluding hydrogens is 436 g/mol. The first-order valence-corrected chi connectivity index (χ1v) is 10.4. The van der Waals surface area contributed by atoms with E-state index in [4.69, 9.17) is 18.9 Å². The summed E-state index contributed by atoms with van der Waals surface area (Å²) in [5, 5.41) is 0. The number of rotatable bonds is 14. The summed E-state index contributed by atoms with van der Waals surface area (Å²) in [4.78, 5) is 46.3. The summed E-state index contributed by atoms with van der Waals surface area (Å²) in [6, 6.07) is 0. The number of thiol groups is 4. The summed E-state index contributed by atoms with van der Waals surface area (Å²) >= 11 is 15.5. The van der Waals surface area contributed by atoms with Crippen molar-refractivity contribution in [1.29, 1.82) is 0 Å². The fourth-order valence-corrected chi connectivity index (χ4v) is 2.15. The van der Waals surface area contributed by atoms with Gasteiger partial charge in [0.15, 0.2) is 0 Å². The molecule has 0 N–H and O–H groups in total. The second-order valence-corrected chi connectivity index (χ2v) is 6.93. The maximum Gasteiger partial charge on any atom is 0.315 e. The Morgan fingerprint density at radius 1 is 0.556 bits per heavy atom. The van der Waals surface area contributed by atoms with Crippen LogP contribution in [-0.4, -0.2) is 73.3 Å². The molecule has 0 atom stereocenters. The van der Waals surface area contributed by atoms with Gasteiger partial charge in [-0.05, 0) is 0 Å². The second-order valence-electron chi connectivity index (χ2n) is 5.41. The van der Waals surface area contributed by atoms with E-state index in [1.807, 2.05) is 0 Å². The highest BCUT2D eigenvalue weighted by atomic mass is 32.1. The van der Waals surface area contributed by atoms with E-state index in [0.717, 1.165) is 0 Å². The van der Waals surface area contributed by atoms with Gasteiger partial charge >= 0.3 is 23.9 Å². The molecule has 0 bridgehead atoms. The molecule has 0 aliphatic rings. The third-order valence-corrected chi connectivity index (χ3v) is 4.01. The standard InChI is InChI=1S/C15H24O8S4/c16-11(1-3-24)20-7-15(9-22-13(18)5-26,10-23-14(19)6-27)8-21-12(17)2-4-25/h24-27H,1-10H2. The van der Waals surface area contributed by atoms with Crippen LogP contribution in [0.4, 0.5) is 0 Å². The summed E-state index contributed by atoms with van der Waals surface area (Å²) in [7, 11) is 0. The zero-order chi connectivity index (χ0) is 20.7. The lowest BCUT2D eigenvalue weighted by Crippen LogP contribution is -2.44. The zero-order valence-electron chi connectivity index (χ0n) is 14.6. The Balaban J connectivity index is 5.28. The summed E-state index contributed by atoms with van der Waals surface area (Å²) in [5.41, 5.74) is -1.27. The van der Waals surface area contributed by atoms with Crippen molar-refractivity contribution in [3.63, 3.8) is 0 Å². The highest BCUT2D eigenvalue weighted by Crippen LogP contribution is 2.22. The van der Waals surface area contributed by atoms with E-state index in [9.17, 15) is 19.2 Å². The van der Waals surface area contributed by atoms with Crippen molar-refractivity contribution in [3.05, 3.63) is 0 Å². The van der Waals surface area contributed by atoms with Crippen LogP contribution in [0.25, 0.3) is 0 Å². The predicted octanol–water partition coefficient (Wildman–Crippen LogP) is 0.645. The minimum absolute atomic E-state index is 0.0610. The Morgan fingerprint density at radius 2 is 0.852 bits per heavy atom. The molecule has 0 fully saturated rings. The number of hydrogen-bond donors (Lipinski definition) is 4. The Labute approximate surface area is 180 Å². The van der Waals surface area contributed by atoms with Gasteiger partial charge in [0.2, 0.25) is 0 Å². The molecule has 12 heteroatoms. The lowest BCUT2D eigenvalue weighted by atomic mass is 9.92. The smallest absolute Gasteiger partial charge is 0.315 e. The highest BCUT2D eigenvalue weighted by Gasteiger charge is 2.37. The second kappa shape index (κ2) is 15.2. The monoisotopic (exact) mass is 460 g/mol. The molecule has 0 aliphatic heterocycles. The first kappa shape index (κ1) is 26.3. The molecule has 0 aliphatic carbocycles. The lowest BCUT2D eigenvalue weighted by Gasteiger charge is -2.31. The lowest BCUT2D eigenvalue weighted by molar-refractivity contribution is -0.168. The SMILES string of the molecule is O=C(CS)OCC(COC(=O)CS)(COC(=O)CCS)COC(=O)CCS. The molecule has 0 aromatic carbocycles. The van der Waals surface area contributed by atoms with E-state index >= 15 is 0 Å². The Hall–Kier alpha value is -0.720. The van der Waals surface area contributed by atoms with Crippen LogP contribution in [0, 0.1) is 5.41 Å². The number of carbonyl (C=O) groups is 4. The van der Waals surface area contributed by atoms with Gasteiger partial charge in [0.25, 0.3) is 0 Å². The van der Waals surface area contributed by atoms with Crippen LogP contribution < -0.4 is 0 Å². The Bertz CT molecular complexity index is 456. The van der Waals surface area contributed by atoms with Crippen LogP contribution in [0.2, 0.25) is 0 Å². The maximum absolute atomic E-state index is 11.7. The highest BCUT2D eigenvalue weighted by molar-refractivity contribution is 7.81. The zero-order valence-corrected chi connectivity index (χ0v) is 18.2. The molecule has 0 saturated carbocycles.